The molecule has 5 heteroatoms. The molecule has 1 heterocycles. The second-order valence-electron chi connectivity index (χ2n) is 3.39. The molecule has 3 nitrogen and oxygen atoms in total. The number of nitrogens with one attached hydrogen (secondary N) is 1. The highest BCUT2D eigenvalue weighted by atomic mass is 35.5. The topological polar surface area (TPSA) is 45.1 Å². The molecular weight excluding hydrogens is 220 g/mol. The summed E-state index contributed by atoms with van der Waals surface area (Å²) >= 11 is 7.23. The Morgan fingerprint density at radius 2 is 2.36 bits per heavy atom. The zero-order chi connectivity index (χ0) is 10.6. The van der Waals surface area contributed by atoms with Crippen molar-refractivity contribution < 1.29 is 5.11 Å². The normalized spacial score (nSPS) is 15.4. The van der Waals surface area contributed by atoms with Gasteiger partial charge >= 0.3 is 0 Å². The minimum atomic E-state index is 0.201. The average Bonchev–Trinajstić information content (AvgIpc) is 2.59. The molecule has 0 bridgehead atoms. The average molecular weight is 235 g/mol. The Kier molecular flexibility index (Phi) is 4.81. The van der Waals surface area contributed by atoms with Crippen LogP contribution < -0.4 is 5.32 Å². The molecule has 0 aromatic carbocycles. The highest BCUT2D eigenvalue weighted by molar-refractivity contribution is 7.15. The molecule has 2 atom stereocenters. The van der Waals surface area contributed by atoms with Crippen LogP contribution in [0.25, 0.3) is 0 Å². The highest BCUT2D eigenvalue weighted by Crippen LogP contribution is 2.18. The molecule has 1 aromatic rings. The first kappa shape index (κ1) is 11.9. The lowest BCUT2D eigenvalue weighted by molar-refractivity contribution is 0.207. The van der Waals surface area contributed by atoms with Crippen molar-refractivity contribution >= 4 is 22.9 Å². The van der Waals surface area contributed by atoms with Crippen LogP contribution in [0.2, 0.25) is 4.34 Å². The Balaban J connectivity index is 2.33. The number of aromatic nitrogens is 1. The number of hydrogen-bond acceptors (Lipinski definition) is 4. The van der Waals surface area contributed by atoms with E-state index >= 15 is 0 Å². The summed E-state index contributed by atoms with van der Waals surface area (Å²) in [5, 5.41) is 13.2. The van der Waals surface area contributed by atoms with Crippen molar-refractivity contribution in [3.05, 3.63) is 15.5 Å². The quantitative estimate of drug-likeness (QED) is 0.818. The lowest BCUT2D eigenvalue weighted by atomic mass is 10.1. The third-order valence-corrected chi connectivity index (χ3v) is 3.36. The van der Waals surface area contributed by atoms with E-state index in [2.05, 4.69) is 17.2 Å². The van der Waals surface area contributed by atoms with Crippen LogP contribution in [0, 0.1) is 5.92 Å². The zero-order valence-corrected chi connectivity index (χ0v) is 9.90. The maximum atomic E-state index is 8.93. The van der Waals surface area contributed by atoms with Crippen LogP contribution >= 0.6 is 22.9 Å². The minimum Gasteiger partial charge on any atom is -0.396 e. The lowest BCUT2D eigenvalue weighted by Crippen LogP contribution is -2.33. The lowest BCUT2D eigenvalue weighted by Gasteiger charge is -2.18. The van der Waals surface area contributed by atoms with E-state index in [9.17, 15) is 0 Å². The number of rotatable bonds is 5. The second kappa shape index (κ2) is 5.66. The zero-order valence-electron chi connectivity index (χ0n) is 8.33. The number of hydrogen-bond donors (Lipinski definition) is 2. The first-order chi connectivity index (χ1) is 6.63. The van der Waals surface area contributed by atoms with Gasteiger partial charge in [-0.15, -0.1) is 11.3 Å². The van der Waals surface area contributed by atoms with E-state index in [1.165, 1.54) is 11.3 Å². The second-order valence-corrected chi connectivity index (χ2v) is 5.13. The molecule has 0 amide bonds. The Hall–Kier alpha value is -0.160. The molecule has 80 valence electrons. The molecule has 0 radical (unpaired) electrons. The van der Waals surface area contributed by atoms with Gasteiger partial charge in [-0.05, 0) is 12.8 Å². The maximum absolute atomic E-state index is 8.93. The van der Waals surface area contributed by atoms with E-state index < -0.39 is 0 Å². The molecule has 0 saturated carbocycles. The summed E-state index contributed by atoms with van der Waals surface area (Å²) < 4.78 is 0.713. The smallest absolute Gasteiger partial charge is 0.113 e. The van der Waals surface area contributed by atoms with Crippen molar-refractivity contribution in [2.45, 2.75) is 26.4 Å². The Bertz CT molecular complexity index is 280. The third-order valence-electron chi connectivity index (χ3n) is 2.24. The van der Waals surface area contributed by atoms with Crippen molar-refractivity contribution in [2.75, 3.05) is 6.61 Å². The van der Waals surface area contributed by atoms with Gasteiger partial charge < -0.3 is 10.4 Å². The summed E-state index contributed by atoms with van der Waals surface area (Å²) in [6, 6.07) is 0.280. The largest absolute Gasteiger partial charge is 0.396 e. The summed E-state index contributed by atoms with van der Waals surface area (Å²) in [6.45, 7) is 4.97. The maximum Gasteiger partial charge on any atom is 0.113 e. The molecule has 14 heavy (non-hydrogen) atoms. The summed E-state index contributed by atoms with van der Waals surface area (Å²) in [7, 11) is 0. The van der Waals surface area contributed by atoms with E-state index in [0.29, 0.717) is 10.9 Å². The van der Waals surface area contributed by atoms with Crippen LogP contribution in [-0.4, -0.2) is 22.7 Å². The third kappa shape index (κ3) is 3.53. The molecule has 0 aliphatic carbocycles. The first-order valence-corrected chi connectivity index (χ1v) is 5.77. The van der Waals surface area contributed by atoms with Gasteiger partial charge in [0.15, 0.2) is 0 Å². The molecule has 0 spiro atoms. The van der Waals surface area contributed by atoms with Crippen molar-refractivity contribution in [2.24, 2.45) is 5.92 Å². The molecule has 1 rings (SSSR count). The highest BCUT2D eigenvalue weighted by Gasteiger charge is 2.10. The van der Waals surface area contributed by atoms with E-state index in [0.717, 1.165) is 5.01 Å². The van der Waals surface area contributed by atoms with Crippen molar-refractivity contribution in [3.8, 4) is 0 Å². The van der Waals surface area contributed by atoms with Gasteiger partial charge in [0.25, 0.3) is 0 Å². The van der Waals surface area contributed by atoms with E-state index in [4.69, 9.17) is 16.7 Å². The standard InChI is InChI=1S/C9H15ClN2OS/c1-6(5-13)7(2)11-4-9-12-3-8(10)14-9/h3,6-7,11,13H,4-5H2,1-2H3. The number of aliphatic hydroxyl groups is 1. The van der Waals surface area contributed by atoms with Crippen molar-refractivity contribution in [3.63, 3.8) is 0 Å². The van der Waals surface area contributed by atoms with Gasteiger partial charge in [-0.1, -0.05) is 18.5 Å². The summed E-state index contributed by atoms with van der Waals surface area (Å²) in [6.07, 6.45) is 1.66. The number of thiazole rings is 1. The summed E-state index contributed by atoms with van der Waals surface area (Å²) in [5.74, 6) is 0.255. The van der Waals surface area contributed by atoms with Gasteiger partial charge in [0.05, 0.1) is 6.20 Å². The molecule has 2 unspecified atom stereocenters. The van der Waals surface area contributed by atoms with Crippen LogP contribution in [0.3, 0.4) is 0 Å². The van der Waals surface area contributed by atoms with Crippen LogP contribution in [0.4, 0.5) is 0 Å². The monoisotopic (exact) mass is 234 g/mol. The molecule has 0 fully saturated rings. The molecule has 0 aliphatic heterocycles. The molecule has 0 saturated heterocycles. The predicted octanol–water partition coefficient (Wildman–Crippen LogP) is 1.90. The summed E-state index contributed by atoms with van der Waals surface area (Å²) in [4.78, 5) is 4.13. The molecular formula is C9H15ClN2OS. The Labute approximate surface area is 93.1 Å². The van der Waals surface area contributed by atoms with Gasteiger partial charge in [0, 0.05) is 19.2 Å². The van der Waals surface area contributed by atoms with Crippen LogP contribution in [-0.2, 0) is 6.54 Å². The molecule has 1 aromatic heterocycles. The van der Waals surface area contributed by atoms with Gasteiger partial charge in [-0.25, -0.2) is 4.98 Å². The Morgan fingerprint density at radius 1 is 1.64 bits per heavy atom. The summed E-state index contributed by atoms with van der Waals surface area (Å²) in [5.41, 5.74) is 0. The number of nitrogens with zero attached hydrogens (tertiary/aromatic N) is 1. The number of aliphatic hydroxyl groups excluding tert-OH is 1. The van der Waals surface area contributed by atoms with Gasteiger partial charge in [-0.3, -0.25) is 0 Å². The SMILES string of the molecule is CC(CO)C(C)NCc1ncc(Cl)s1. The van der Waals surface area contributed by atoms with E-state index in [-0.39, 0.29) is 18.6 Å². The van der Waals surface area contributed by atoms with Gasteiger partial charge in [0.2, 0.25) is 0 Å². The van der Waals surface area contributed by atoms with E-state index in [1.807, 2.05) is 6.92 Å². The van der Waals surface area contributed by atoms with Crippen LogP contribution in [0.1, 0.15) is 18.9 Å². The van der Waals surface area contributed by atoms with Gasteiger partial charge in [0.1, 0.15) is 9.34 Å². The van der Waals surface area contributed by atoms with Crippen molar-refractivity contribution in [1.82, 2.24) is 10.3 Å². The first-order valence-electron chi connectivity index (χ1n) is 4.58. The van der Waals surface area contributed by atoms with E-state index in [1.54, 1.807) is 6.20 Å². The fourth-order valence-electron chi connectivity index (χ4n) is 0.977. The van der Waals surface area contributed by atoms with Crippen LogP contribution in [0.15, 0.2) is 6.20 Å². The molecule has 0 aliphatic rings. The molecule has 2 N–H and O–H groups in total. The predicted molar refractivity (Wildman–Crippen MR) is 59.7 cm³/mol. The fourth-order valence-corrected chi connectivity index (χ4v) is 1.88. The van der Waals surface area contributed by atoms with Crippen LogP contribution in [0.5, 0.6) is 0 Å². The Morgan fingerprint density at radius 3 is 2.86 bits per heavy atom. The number of halogens is 1. The van der Waals surface area contributed by atoms with Crippen molar-refractivity contribution in [1.29, 1.82) is 0 Å². The fraction of sp³-hybridized carbons (Fsp3) is 0.667. The van der Waals surface area contributed by atoms with Gasteiger partial charge in [-0.2, -0.15) is 0 Å². The minimum absolute atomic E-state index is 0.201.